The van der Waals surface area contributed by atoms with Crippen LogP contribution in [0.5, 0.6) is 0 Å². The number of benzene rings is 1. The average molecular weight is 313 g/mol. The number of carbonyl (C=O) groups is 1. The highest BCUT2D eigenvalue weighted by Gasteiger charge is 2.07. The highest BCUT2D eigenvalue weighted by molar-refractivity contribution is 7.08. The van der Waals surface area contributed by atoms with Gasteiger partial charge in [-0.15, -0.1) is 0 Å². The molecule has 3 rings (SSSR count). The van der Waals surface area contributed by atoms with Crippen LogP contribution in [0.15, 0.2) is 53.5 Å². The summed E-state index contributed by atoms with van der Waals surface area (Å²) in [4.78, 5) is 20.2. The molecule has 0 fully saturated rings. The number of hydrogen-bond acceptors (Lipinski definition) is 4. The van der Waals surface area contributed by atoms with E-state index in [9.17, 15) is 9.18 Å². The minimum Gasteiger partial charge on any atom is -0.346 e. The fraction of sp³-hybridized carbons (Fsp3) is 0.0625. The van der Waals surface area contributed by atoms with E-state index in [1.165, 1.54) is 29.8 Å². The normalized spacial score (nSPS) is 10.4. The van der Waals surface area contributed by atoms with E-state index in [1.807, 2.05) is 5.38 Å². The Morgan fingerprint density at radius 3 is 2.73 bits per heavy atom. The summed E-state index contributed by atoms with van der Waals surface area (Å²) in [5.41, 5.74) is 2.82. The number of rotatable bonds is 4. The standard InChI is InChI=1S/C16H12FN3OS/c17-13-3-1-11(2-4-13)15-7-14(19-10-20-15)8-18-16(21)12-5-6-22-9-12/h1-7,9-10H,8H2,(H,18,21). The van der Waals surface area contributed by atoms with E-state index >= 15 is 0 Å². The first-order valence-electron chi connectivity index (χ1n) is 6.59. The van der Waals surface area contributed by atoms with Crippen molar-refractivity contribution < 1.29 is 9.18 Å². The minimum atomic E-state index is -0.291. The molecule has 0 spiro atoms. The summed E-state index contributed by atoms with van der Waals surface area (Å²) < 4.78 is 12.9. The summed E-state index contributed by atoms with van der Waals surface area (Å²) in [6, 6.07) is 9.63. The molecule has 110 valence electrons. The SMILES string of the molecule is O=C(NCc1cc(-c2ccc(F)cc2)ncn1)c1ccsc1. The number of nitrogens with one attached hydrogen (secondary N) is 1. The fourth-order valence-corrected chi connectivity index (χ4v) is 2.58. The van der Waals surface area contributed by atoms with Crippen LogP contribution in [0.2, 0.25) is 0 Å². The largest absolute Gasteiger partial charge is 0.346 e. The van der Waals surface area contributed by atoms with Crippen molar-refractivity contribution in [2.45, 2.75) is 6.54 Å². The molecule has 3 aromatic rings. The fourth-order valence-electron chi connectivity index (χ4n) is 1.94. The Bertz CT molecular complexity index is 772. The topological polar surface area (TPSA) is 54.9 Å². The molecular weight excluding hydrogens is 301 g/mol. The number of halogens is 1. The zero-order valence-corrected chi connectivity index (χ0v) is 12.3. The Balaban J connectivity index is 1.71. The number of carbonyl (C=O) groups excluding carboxylic acids is 1. The van der Waals surface area contributed by atoms with Crippen molar-refractivity contribution in [2.24, 2.45) is 0 Å². The van der Waals surface area contributed by atoms with Gasteiger partial charge in [0, 0.05) is 16.5 Å². The summed E-state index contributed by atoms with van der Waals surface area (Å²) in [5.74, 6) is -0.427. The Kier molecular flexibility index (Phi) is 4.20. The van der Waals surface area contributed by atoms with Crippen molar-refractivity contribution in [2.75, 3.05) is 0 Å². The van der Waals surface area contributed by atoms with Gasteiger partial charge in [-0.1, -0.05) is 0 Å². The van der Waals surface area contributed by atoms with Crippen molar-refractivity contribution >= 4 is 17.2 Å². The maximum Gasteiger partial charge on any atom is 0.252 e. The van der Waals surface area contributed by atoms with E-state index in [2.05, 4.69) is 15.3 Å². The first-order valence-corrected chi connectivity index (χ1v) is 7.54. The minimum absolute atomic E-state index is 0.136. The molecule has 0 aliphatic rings. The molecule has 0 unspecified atom stereocenters. The van der Waals surface area contributed by atoms with Gasteiger partial charge in [-0.3, -0.25) is 4.79 Å². The van der Waals surface area contributed by atoms with Crippen LogP contribution in [-0.4, -0.2) is 15.9 Å². The van der Waals surface area contributed by atoms with Gasteiger partial charge in [0.15, 0.2) is 0 Å². The highest BCUT2D eigenvalue weighted by atomic mass is 32.1. The summed E-state index contributed by atoms with van der Waals surface area (Å²) in [6.07, 6.45) is 1.44. The maximum atomic E-state index is 12.9. The summed E-state index contributed by atoms with van der Waals surface area (Å²) in [7, 11) is 0. The quantitative estimate of drug-likeness (QED) is 0.804. The number of nitrogens with zero attached hydrogens (tertiary/aromatic N) is 2. The first kappa shape index (κ1) is 14.3. The van der Waals surface area contributed by atoms with Gasteiger partial charge in [-0.2, -0.15) is 11.3 Å². The van der Waals surface area contributed by atoms with Crippen molar-refractivity contribution in [1.29, 1.82) is 0 Å². The summed E-state index contributed by atoms with van der Waals surface area (Å²) >= 11 is 1.47. The molecule has 22 heavy (non-hydrogen) atoms. The van der Waals surface area contributed by atoms with Crippen molar-refractivity contribution in [3.05, 3.63) is 70.6 Å². The van der Waals surface area contributed by atoms with Gasteiger partial charge in [0.05, 0.1) is 17.9 Å². The molecule has 0 saturated heterocycles. The molecule has 0 aliphatic carbocycles. The number of hydrogen-bond donors (Lipinski definition) is 1. The van der Waals surface area contributed by atoms with E-state index in [0.29, 0.717) is 23.5 Å². The lowest BCUT2D eigenvalue weighted by Gasteiger charge is -2.05. The van der Waals surface area contributed by atoms with Crippen molar-refractivity contribution in [3.8, 4) is 11.3 Å². The molecule has 0 saturated carbocycles. The van der Waals surface area contributed by atoms with Gasteiger partial charge in [0.1, 0.15) is 12.1 Å². The lowest BCUT2D eigenvalue weighted by molar-refractivity contribution is 0.0951. The zero-order chi connectivity index (χ0) is 15.4. The van der Waals surface area contributed by atoms with Crippen molar-refractivity contribution in [3.63, 3.8) is 0 Å². The third kappa shape index (κ3) is 3.35. The zero-order valence-electron chi connectivity index (χ0n) is 11.5. The van der Waals surface area contributed by atoms with Gasteiger partial charge in [0.2, 0.25) is 0 Å². The lowest BCUT2D eigenvalue weighted by atomic mass is 10.1. The van der Waals surface area contributed by atoms with Gasteiger partial charge < -0.3 is 5.32 Å². The number of aromatic nitrogens is 2. The lowest BCUT2D eigenvalue weighted by Crippen LogP contribution is -2.22. The summed E-state index contributed by atoms with van der Waals surface area (Å²) in [6.45, 7) is 0.311. The first-order chi connectivity index (χ1) is 10.7. The molecule has 6 heteroatoms. The van der Waals surface area contributed by atoms with Gasteiger partial charge in [-0.05, 0) is 41.8 Å². The molecule has 1 N–H and O–H groups in total. The van der Waals surface area contributed by atoms with Crippen LogP contribution >= 0.6 is 11.3 Å². The number of thiophene rings is 1. The molecule has 0 atom stereocenters. The monoisotopic (exact) mass is 313 g/mol. The molecule has 2 heterocycles. The van der Waals surface area contributed by atoms with E-state index in [-0.39, 0.29) is 11.7 Å². The van der Waals surface area contributed by atoms with Gasteiger partial charge in [0.25, 0.3) is 5.91 Å². The van der Waals surface area contributed by atoms with E-state index in [0.717, 1.165) is 5.56 Å². The second kappa shape index (κ2) is 6.44. The van der Waals surface area contributed by atoms with E-state index < -0.39 is 0 Å². The predicted octanol–water partition coefficient (Wildman–Crippen LogP) is 3.27. The van der Waals surface area contributed by atoms with Crippen LogP contribution in [0.1, 0.15) is 16.1 Å². The molecule has 2 aromatic heterocycles. The van der Waals surface area contributed by atoms with Crippen LogP contribution in [0.4, 0.5) is 4.39 Å². The maximum absolute atomic E-state index is 12.9. The van der Waals surface area contributed by atoms with Crippen molar-refractivity contribution in [1.82, 2.24) is 15.3 Å². The Morgan fingerprint density at radius 1 is 1.18 bits per heavy atom. The van der Waals surface area contributed by atoms with Crippen LogP contribution in [-0.2, 0) is 6.54 Å². The van der Waals surface area contributed by atoms with Crippen LogP contribution in [0, 0.1) is 5.82 Å². The second-order valence-corrected chi connectivity index (χ2v) is 5.38. The van der Waals surface area contributed by atoms with Gasteiger partial charge >= 0.3 is 0 Å². The Labute approximate surface area is 130 Å². The summed E-state index contributed by atoms with van der Waals surface area (Å²) in [5, 5.41) is 6.45. The molecular formula is C16H12FN3OS. The molecule has 0 aliphatic heterocycles. The Morgan fingerprint density at radius 2 is 2.00 bits per heavy atom. The highest BCUT2D eigenvalue weighted by Crippen LogP contribution is 2.17. The Hall–Kier alpha value is -2.60. The average Bonchev–Trinajstić information content (AvgIpc) is 3.08. The van der Waals surface area contributed by atoms with Crippen LogP contribution in [0.3, 0.4) is 0 Å². The molecule has 0 bridgehead atoms. The molecule has 0 radical (unpaired) electrons. The number of amides is 1. The molecule has 1 aromatic carbocycles. The van der Waals surface area contributed by atoms with E-state index in [1.54, 1.807) is 29.6 Å². The van der Waals surface area contributed by atoms with E-state index in [4.69, 9.17) is 0 Å². The third-order valence-electron chi connectivity index (χ3n) is 3.08. The van der Waals surface area contributed by atoms with Crippen LogP contribution in [0.25, 0.3) is 11.3 Å². The smallest absolute Gasteiger partial charge is 0.252 e. The second-order valence-electron chi connectivity index (χ2n) is 4.60. The van der Waals surface area contributed by atoms with Crippen LogP contribution < -0.4 is 5.32 Å². The molecule has 4 nitrogen and oxygen atoms in total. The predicted molar refractivity (Wildman–Crippen MR) is 82.9 cm³/mol. The third-order valence-corrected chi connectivity index (χ3v) is 3.76. The van der Waals surface area contributed by atoms with Gasteiger partial charge in [-0.25, -0.2) is 14.4 Å². The molecule has 1 amide bonds.